The molecule has 0 saturated heterocycles. The van der Waals surface area contributed by atoms with Crippen molar-refractivity contribution in [3.8, 4) is 28.6 Å². The summed E-state index contributed by atoms with van der Waals surface area (Å²) in [4.78, 5) is 8.59. The van der Waals surface area contributed by atoms with E-state index in [2.05, 4.69) is 9.97 Å². The number of fused-ring (bicyclic) bond motifs is 1. The Balaban J connectivity index is 2.13. The van der Waals surface area contributed by atoms with Gasteiger partial charge in [-0.25, -0.2) is 9.97 Å². The lowest BCUT2D eigenvalue weighted by molar-refractivity contribution is 0.171. The van der Waals surface area contributed by atoms with Crippen molar-refractivity contribution in [3.05, 3.63) is 28.0 Å². The van der Waals surface area contributed by atoms with Crippen molar-refractivity contribution >= 4 is 23.2 Å². The van der Waals surface area contributed by atoms with E-state index in [1.54, 1.807) is 19.2 Å². The molecule has 0 saturated carbocycles. The summed E-state index contributed by atoms with van der Waals surface area (Å²) in [6, 6.07) is 3.54. The number of ether oxygens (including phenoxy) is 3. The lowest BCUT2D eigenvalue weighted by Gasteiger charge is -2.09. The fourth-order valence-electron chi connectivity index (χ4n) is 2.11. The number of rotatable bonds is 3. The van der Waals surface area contributed by atoms with Crippen molar-refractivity contribution in [1.29, 1.82) is 0 Å². The highest BCUT2D eigenvalue weighted by Gasteiger charge is 2.22. The molecule has 0 radical (unpaired) electrons. The second-order valence-corrected chi connectivity index (χ2v) is 5.09. The molecule has 0 N–H and O–H groups in total. The van der Waals surface area contributed by atoms with Gasteiger partial charge in [0.1, 0.15) is 10.3 Å². The lowest BCUT2D eigenvalue weighted by atomic mass is 10.1. The van der Waals surface area contributed by atoms with Crippen molar-refractivity contribution in [2.24, 2.45) is 0 Å². The van der Waals surface area contributed by atoms with Crippen LogP contribution in [0.2, 0.25) is 10.3 Å². The van der Waals surface area contributed by atoms with Gasteiger partial charge in [0.15, 0.2) is 17.3 Å². The van der Waals surface area contributed by atoms with Crippen LogP contribution in [-0.2, 0) is 6.42 Å². The van der Waals surface area contributed by atoms with Crippen LogP contribution in [0.25, 0.3) is 11.4 Å². The molecule has 3 rings (SSSR count). The molecule has 0 spiro atoms. The van der Waals surface area contributed by atoms with Crippen molar-refractivity contribution in [2.45, 2.75) is 13.3 Å². The Kier molecular flexibility index (Phi) is 3.78. The topological polar surface area (TPSA) is 53.5 Å². The summed E-state index contributed by atoms with van der Waals surface area (Å²) >= 11 is 12.3. The van der Waals surface area contributed by atoms with Crippen molar-refractivity contribution in [1.82, 2.24) is 9.97 Å². The third-order valence-corrected chi connectivity index (χ3v) is 3.80. The van der Waals surface area contributed by atoms with Crippen molar-refractivity contribution in [3.63, 3.8) is 0 Å². The van der Waals surface area contributed by atoms with Gasteiger partial charge in [-0.15, -0.1) is 0 Å². The molecule has 1 aliphatic heterocycles. The molecule has 0 atom stereocenters. The average Bonchev–Trinajstić information content (AvgIpc) is 2.94. The number of aromatic nitrogens is 2. The molecule has 2 heterocycles. The second-order valence-electron chi connectivity index (χ2n) is 4.37. The number of methoxy groups -OCH3 is 1. The zero-order chi connectivity index (χ0) is 15.0. The Bertz CT molecular complexity index is 684. The highest BCUT2D eigenvalue weighted by molar-refractivity contribution is 6.34. The predicted octanol–water partition coefficient (Wildman–Crippen LogP) is 3.75. The Morgan fingerprint density at radius 1 is 1.19 bits per heavy atom. The standard InChI is InChI=1S/C14H12Cl2N2O3/c1-3-8-12(15)17-14(18-13(8)16)7-4-9(19-2)11-10(5-7)20-6-21-11/h4-5H,3,6H2,1-2H3. The normalized spacial score (nSPS) is 12.6. The first kappa shape index (κ1) is 14.2. The average molecular weight is 327 g/mol. The van der Waals surface area contributed by atoms with Gasteiger partial charge in [-0.2, -0.15) is 0 Å². The van der Waals surface area contributed by atoms with Crippen LogP contribution < -0.4 is 14.2 Å². The van der Waals surface area contributed by atoms with E-state index in [0.29, 0.717) is 45.4 Å². The highest BCUT2D eigenvalue weighted by Crippen LogP contribution is 2.44. The molecular weight excluding hydrogens is 315 g/mol. The molecule has 0 unspecified atom stereocenters. The van der Waals surface area contributed by atoms with Gasteiger partial charge < -0.3 is 14.2 Å². The second kappa shape index (κ2) is 5.58. The van der Waals surface area contributed by atoms with Crippen LogP contribution >= 0.6 is 23.2 Å². The fraction of sp³-hybridized carbons (Fsp3) is 0.286. The van der Waals surface area contributed by atoms with Gasteiger partial charge in [0.25, 0.3) is 0 Å². The SMILES string of the molecule is CCc1c(Cl)nc(-c2cc(OC)c3c(c2)OCO3)nc1Cl. The molecule has 0 fully saturated rings. The molecule has 1 aromatic heterocycles. The van der Waals surface area contributed by atoms with Crippen LogP contribution in [0.3, 0.4) is 0 Å². The number of nitrogens with zero attached hydrogens (tertiary/aromatic N) is 2. The van der Waals surface area contributed by atoms with E-state index in [0.717, 1.165) is 5.56 Å². The van der Waals surface area contributed by atoms with Gasteiger partial charge in [0, 0.05) is 11.1 Å². The van der Waals surface area contributed by atoms with Gasteiger partial charge in [0.05, 0.1) is 7.11 Å². The van der Waals surface area contributed by atoms with Crippen molar-refractivity contribution < 1.29 is 14.2 Å². The Morgan fingerprint density at radius 3 is 2.52 bits per heavy atom. The number of hydrogen-bond donors (Lipinski definition) is 0. The number of hydrogen-bond acceptors (Lipinski definition) is 5. The van der Waals surface area contributed by atoms with Gasteiger partial charge in [-0.05, 0) is 18.6 Å². The zero-order valence-corrected chi connectivity index (χ0v) is 13.0. The zero-order valence-electron chi connectivity index (χ0n) is 11.4. The van der Waals surface area contributed by atoms with Gasteiger partial charge in [-0.3, -0.25) is 0 Å². The summed E-state index contributed by atoms with van der Waals surface area (Å²) in [5.74, 6) is 2.12. The molecular formula is C14H12Cl2N2O3. The van der Waals surface area contributed by atoms with E-state index in [1.165, 1.54) is 0 Å². The molecule has 110 valence electrons. The quantitative estimate of drug-likeness (QED) is 0.804. The van der Waals surface area contributed by atoms with E-state index in [4.69, 9.17) is 37.4 Å². The minimum Gasteiger partial charge on any atom is -0.493 e. The molecule has 21 heavy (non-hydrogen) atoms. The summed E-state index contributed by atoms with van der Waals surface area (Å²) in [6.45, 7) is 2.10. The summed E-state index contributed by atoms with van der Waals surface area (Å²) in [6.07, 6.45) is 0.669. The number of halogens is 2. The first-order chi connectivity index (χ1) is 10.1. The smallest absolute Gasteiger partial charge is 0.231 e. The van der Waals surface area contributed by atoms with Crippen LogP contribution in [0.15, 0.2) is 12.1 Å². The first-order valence-electron chi connectivity index (χ1n) is 6.34. The van der Waals surface area contributed by atoms with Crippen LogP contribution in [0.5, 0.6) is 17.2 Å². The molecule has 1 aliphatic rings. The van der Waals surface area contributed by atoms with Crippen LogP contribution in [0.4, 0.5) is 0 Å². The first-order valence-corrected chi connectivity index (χ1v) is 7.09. The molecule has 1 aromatic carbocycles. The summed E-state index contributed by atoms with van der Waals surface area (Å²) in [5.41, 5.74) is 1.43. The van der Waals surface area contributed by atoms with Crippen LogP contribution in [0.1, 0.15) is 12.5 Å². The minimum atomic E-state index is 0.159. The molecule has 0 aliphatic carbocycles. The third-order valence-electron chi connectivity index (χ3n) is 3.18. The highest BCUT2D eigenvalue weighted by atomic mass is 35.5. The lowest BCUT2D eigenvalue weighted by Crippen LogP contribution is -1.97. The summed E-state index contributed by atoms with van der Waals surface area (Å²) in [7, 11) is 1.56. The van der Waals surface area contributed by atoms with Gasteiger partial charge >= 0.3 is 0 Å². The van der Waals surface area contributed by atoms with E-state index in [1.807, 2.05) is 6.92 Å². The Morgan fingerprint density at radius 2 is 1.90 bits per heavy atom. The predicted molar refractivity (Wildman–Crippen MR) is 79.5 cm³/mol. The maximum absolute atomic E-state index is 6.15. The molecule has 5 nitrogen and oxygen atoms in total. The van der Waals surface area contributed by atoms with E-state index >= 15 is 0 Å². The molecule has 0 bridgehead atoms. The Labute approximate surface area is 131 Å². The summed E-state index contributed by atoms with van der Waals surface area (Å²) < 4.78 is 16.0. The number of benzene rings is 1. The largest absolute Gasteiger partial charge is 0.493 e. The van der Waals surface area contributed by atoms with Gasteiger partial charge in [0.2, 0.25) is 12.5 Å². The molecule has 0 amide bonds. The fourth-order valence-corrected chi connectivity index (χ4v) is 2.77. The van der Waals surface area contributed by atoms with E-state index < -0.39 is 0 Å². The van der Waals surface area contributed by atoms with E-state index in [9.17, 15) is 0 Å². The van der Waals surface area contributed by atoms with Crippen molar-refractivity contribution in [2.75, 3.05) is 13.9 Å². The van der Waals surface area contributed by atoms with Gasteiger partial charge in [-0.1, -0.05) is 30.1 Å². The van der Waals surface area contributed by atoms with Crippen LogP contribution in [0, 0.1) is 0 Å². The molecule has 7 heteroatoms. The maximum atomic E-state index is 6.15. The Hall–Kier alpha value is -1.72. The monoisotopic (exact) mass is 326 g/mol. The third kappa shape index (κ3) is 2.47. The minimum absolute atomic E-state index is 0.159. The van der Waals surface area contributed by atoms with Crippen LogP contribution in [-0.4, -0.2) is 23.9 Å². The maximum Gasteiger partial charge on any atom is 0.231 e. The molecule has 2 aromatic rings. The summed E-state index contributed by atoms with van der Waals surface area (Å²) in [5, 5.41) is 0.702. The van der Waals surface area contributed by atoms with E-state index in [-0.39, 0.29) is 6.79 Å².